The van der Waals surface area contributed by atoms with E-state index in [4.69, 9.17) is 10.4 Å². The molecule has 4 N–H and O–H groups in total. The number of benzene rings is 2. The average Bonchev–Trinajstić information content (AvgIpc) is 2.52. The van der Waals surface area contributed by atoms with E-state index in [2.05, 4.69) is 11.1 Å². The van der Waals surface area contributed by atoms with Crippen molar-refractivity contribution in [2.24, 2.45) is 11.1 Å². The van der Waals surface area contributed by atoms with Crippen LogP contribution in [0.3, 0.4) is 0 Å². The number of hydrogen-bond acceptors (Lipinski definition) is 5. The van der Waals surface area contributed by atoms with Gasteiger partial charge in [0.15, 0.2) is 0 Å². The number of halogens is 1. The van der Waals surface area contributed by atoms with E-state index in [0.717, 1.165) is 17.4 Å². The van der Waals surface area contributed by atoms with Crippen LogP contribution in [-0.2, 0) is 0 Å². The summed E-state index contributed by atoms with van der Waals surface area (Å²) in [6.45, 7) is 0. The third-order valence-electron chi connectivity index (χ3n) is 1.94. The molecular weight excluding hydrogens is 280 g/mol. The van der Waals surface area contributed by atoms with E-state index in [9.17, 15) is 4.79 Å². The van der Waals surface area contributed by atoms with Crippen molar-refractivity contribution >= 4 is 24.9 Å². The maximum Gasteiger partial charge on any atom is 0.150 e. The van der Waals surface area contributed by atoms with Crippen LogP contribution in [-0.4, -0.2) is 22.9 Å². The molecule has 0 aromatic heterocycles. The molecule has 0 atom stereocenters. The number of aldehydes is 1. The molecule has 0 aliphatic heterocycles. The lowest BCUT2D eigenvalue weighted by molar-refractivity contribution is 0.112. The molecule has 0 unspecified atom stereocenters. The minimum atomic E-state index is 0. The van der Waals surface area contributed by atoms with Crippen LogP contribution in [0, 0.1) is 0 Å². The minimum Gasteiger partial charge on any atom is -0.411 e. The third-order valence-corrected chi connectivity index (χ3v) is 1.94. The molecule has 0 saturated carbocycles. The molecule has 2 aromatic rings. The molecule has 0 aliphatic rings. The second-order valence-electron chi connectivity index (χ2n) is 3.18. The molecule has 0 amide bonds. The fourth-order valence-electron chi connectivity index (χ4n) is 1.14. The van der Waals surface area contributed by atoms with Gasteiger partial charge in [-0.3, -0.25) is 4.79 Å². The fourth-order valence-corrected chi connectivity index (χ4v) is 1.14. The van der Waals surface area contributed by atoms with Crippen LogP contribution in [0.5, 0.6) is 0 Å². The second kappa shape index (κ2) is 14.8. The first-order chi connectivity index (χ1) is 9.36. The Balaban J connectivity index is 0. The Bertz CT molecular complexity index is 464. The molecule has 2 rings (SSSR count). The van der Waals surface area contributed by atoms with Crippen LogP contribution < -0.4 is 5.90 Å². The van der Waals surface area contributed by atoms with E-state index in [1.807, 2.05) is 48.5 Å². The summed E-state index contributed by atoms with van der Waals surface area (Å²) < 4.78 is 0. The van der Waals surface area contributed by atoms with Gasteiger partial charge in [-0.05, 0) is 5.56 Å². The Kier molecular flexibility index (Phi) is 14.9. The Labute approximate surface area is 123 Å². The molecule has 5 nitrogen and oxygen atoms in total. The summed E-state index contributed by atoms with van der Waals surface area (Å²) >= 11 is 0. The molecule has 108 valence electrons. The van der Waals surface area contributed by atoms with Gasteiger partial charge in [0.05, 0.1) is 6.21 Å². The monoisotopic (exact) mass is 296 g/mol. The molecular formula is C14H17ClN2O3. The summed E-state index contributed by atoms with van der Waals surface area (Å²) in [7, 11) is 0. The SMILES string of the molecule is Cl.NO.O/N=C/c1ccccc1.O=Cc1ccccc1. The molecule has 2 aromatic carbocycles. The highest BCUT2D eigenvalue weighted by atomic mass is 35.5. The van der Waals surface area contributed by atoms with Crippen LogP contribution in [0.15, 0.2) is 65.8 Å². The number of carbonyl (C=O) groups excluding carboxylic acids is 1. The van der Waals surface area contributed by atoms with Crippen molar-refractivity contribution in [3.05, 3.63) is 71.8 Å². The summed E-state index contributed by atoms with van der Waals surface area (Å²) in [4.78, 5) is 10.0. The van der Waals surface area contributed by atoms with Crippen LogP contribution in [0.1, 0.15) is 15.9 Å². The van der Waals surface area contributed by atoms with Crippen molar-refractivity contribution in [1.82, 2.24) is 0 Å². The van der Waals surface area contributed by atoms with E-state index < -0.39 is 0 Å². The predicted molar refractivity (Wildman–Crippen MR) is 80.9 cm³/mol. The van der Waals surface area contributed by atoms with Crippen molar-refractivity contribution in [1.29, 1.82) is 0 Å². The molecule has 6 heteroatoms. The minimum absolute atomic E-state index is 0. The van der Waals surface area contributed by atoms with E-state index in [1.54, 1.807) is 12.1 Å². The lowest BCUT2D eigenvalue weighted by atomic mass is 10.2. The van der Waals surface area contributed by atoms with Crippen LogP contribution in [0.25, 0.3) is 0 Å². The van der Waals surface area contributed by atoms with Crippen molar-refractivity contribution < 1.29 is 15.2 Å². The smallest absolute Gasteiger partial charge is 0.150 e. The quantitative estimate of drug-likeness (QED) is 0.343. The summed E-state index contributed by atoms with van der Waals surface area (Å²) in [5.41, 5.74) is 1.63. The van der Waals surface area contributed by atoms with E-state index in [0.29, 0.717) is 0 Å². The van der Waals surface area contributed by atoms with E-state index in [-0.39, 0.29) is 12.4 Å². The molecule has 0 aliphatic carbocycles. The number of nitrogens with two attached hydrogens (primary N) is 1. The normalized spacial score (nSPS) is 8.30. The Morgan fingerprint density at radius 3 is 1.55 bits per heavy atom. The van der Waals surface area contributed by atoms with Crippen LogP contribution >= 0.6 is 12.4 Å². The highest BCUT2D eigenvalue weighted by molar-refractivity contribution is 5.85. The maximum atomic E-state index is 10.0. The van der Waals surface area contributed by atoms with Gasteiger partial charge in [0.25, 0.3) is 0 Å². The molecule has 0 fully saturated rings. The summed E-state index contributed by atoms with van der Waals surface area (Å²) in [5, 5.41) is 17.5. The van der Waals surface area contributed by atoms with Crippen LogP contribution in [0.4, 0.5) is 0 Å². The number of hydrogen-bond donors (Lipinski definition) is 3. The van der Waals surface area contributed by atoms with Crippen molar-refractivity contribution in [2.45, 2.75) is 0 Å². The van der Waals surface area contributed by atoms with Crippen molar-refractivity contribution in [3.63, 3.8) is 0 Å². The largest absolute Gasteiger partial charge is 0.411 e. The molecule has 0 spiro atoms. The maximum absolute atomic E-state index is 10.0. The van der Waals surface area contributed by atoms with Gasteiger partial charge < -0.3 is 10.4 Å². The zero-order valence-electron chi connectivity index (χ0n) is 10.7. The second-order valence-corrected chi connectivity index (χ2v) is 3.18. The summed E-state index contributed by atoms with van der Waals surface area (Å²) in [6.07, 6.45) is 2.22. The van der Waals surface area contributed by atoms with Gasteiger partial charge in [-0.15, -0.1) is 12.4 Å². The van der Waals surface area contributed by atoms with Gasteiger partial charge >= 0.3 is 0 Å². The lowest BCUT2D eigenvalue weighted by Crippen LogP contribution is -1.76. The Morgan fingerprint density at radius 2 is 1.25 bits per heavy atom. The lowest BCUT2D eigenvalue weighted by Gasteiger charge is -1.85. The number of nitrogens with zero attached hydrogens (tertiary/aromatic N) is 1. The van der Waals surface area contributed by atoms with Crippen molar-refractivity contribution in [3.8, 4) is 0 Å². The first-order valence-electron chi connectivity index (χ1n) is 5.35. The first kappa shape index (κ1) is 20.1. The summed E-state index contributed by atoms with van der Waals surface area (Å²) in [5.74, 6) is 3.50. The van der Waals surface area contributed by atoms with E-state index in [1.165, 1.54) is 6.21 Å². The zero-order chi connectivity index (χ0) is 14.3. The van der Waals surface area contributed by atoms with Gasteiger partial charge in [-0.25, -0.2) is 5.90 Å². The predicted octanol–water partition coefficient (Wildman–Crippen LogP) is 2.75. The highest BCUT2D eigenvalue weighted by Gasteiger charge is 1.80. The van der Waals surface area contributed by atoms with E-state index >= 15 is 0 Å². The molecule has 0 heterocycles. The number of rotatable bonds is 2. The van der Waals surface area contributed by atoms with Crippen LogP contribution in [0.2, 0.25) is 0 Å². The van der Waals surface area contributed by atoms with Gasteiger partial charge in [-0.2, -0.15) is 0 Å². The fraction of sp³-hybridized carbons (Fsp3) is 0. The standard InChI is InChI=1S/C7H7NO.C7H6O.ClH.H3NO/c9-8-6-7-4-2-1-3-5-7;8-6-7-4-2-1-3-5-7;;1-2/h1-6,9H;1-6H;1H;2H,1H2/b8-6+;;;. The number of carbonyl (C=O) groups is 1. The first-order valence-corrected chi connectivity index (χ1v) is 5.35. The Morgan fingerprint density at radius 1 is 0.850 bits per heavy atom. The molecule has 20 heavy (non-hydrogen) atoms. The Hall–Kier alpha value is -2.21. The third kappa shape index (κ3) is 9.78. The van der Waals surface area contributed by atoms with Gasteiger partial charge in [0.2, 0.25) is 0 Å². The van der Waals surface area contributed by atoms with Gasteiger partial charge in [0, 0.05) is 5.56 Å². The van der Waals surface area contributed by atoms with Gasteiger partial charge in [0.1, 0.15) is 6.29 Å². The van der Waals surface area contributed by atoms with Gasteiger partial charge in [-0.1, -0.05) is 65.8 Å². The molecule has 0 bridgehead atoms. The zero-order valence-corrected chi connectivity index (χ0v) is 11.5. The number of oxime groups is 1. The molecule has 0 radical (unpaired) electrons. The highest BCUT2D eigenvalue weighted by Crippen LogP contribution is 1.92. The average molecular weight is 297 g/mol. The van der Waals surface area contributed by atoms with Crippen molar-refractivity contribution in [2.75, 3.05) is 0 Å². The topological polar surface area (TPSA) is 95.9 Å². The summed E-state index contributed by atoms with van der Waals surface area (Å²) in [6, 6.07) is 18.5. The molecule has 0 saturated heterocycles.